The van der Waals surface area contributed by atoms with Crippen LogP contribution in [0.1, 0.15) is 49.1 Å². The molecule has 110 valence electrons. The minimum atomic E-state index is 0.0471. The summed E-state index contributed by atoms with van der Waals surface area (Å²) in [5.74, 6) is 0.453. The van der Waals surface area contributed by atoms with Crippen molar-refractivity contribution in [3.05, 3.63) is 35.4 Å². The first-order chi connectivity index (χ1) is 9.73. The van der Waals surface area contributed by atoms with Gasteiger partial charge < -0.3 is 9.84 Å². The number of aliphatic hydroxyl groups excluding tert-OH is 1. The number of aliphatic hydroxyl groups is 1. The van der Waals surface area contributed by atoms with E-state index in [0.717, 1.165) is 18.8 Å². The zero-order valence-electron chi connectivity index (χ0n) is 12.3. The third-order valence-electron chi connectivity index (χ3n) is 4.97. The Morgan fingerprint density at radius 3 is 2.55 bits per heavy atom. The topological polar surface area (TPSA) is 32.7 Å². The Labute approximate surface area is 121 Å². The quantitative estimate of drug-likeness (QED) is 0.901. The molecule has 0 aromatic heterocycles. The molecule has 3 rings (SSSR count). The van der Waals surface area contributed by atoms with Crippen LogP contribution in [0.5, 0.6) is 0 Å². The van der Waals surface area contributed by atoms with Crippen molar-refractivity contribution in [1.29, 1.82) is 0 Å². The molecular weight excluding hydrogens is 250 g/mol. The second-order valence-electron chi connectivity index (χ2n) is 6.39. The highest BCUT2D eigenvalue weighted by Gasteiger charge is 2.44. The van der Waals surface area contributed by atoms with Crippen molar-refractivity contribution in [3.8, 4) is 0 Å². The van der Waals surface area contributed by atoms with Crippen molar-refractivity contribution in [2.75, 3.05) is 20.3 Å². The largest absolute Gasteiger partial charge is 0.392 e. The molecule has 1 saturated carbocycles. The van der Waals surface area contributed by atoms with E-state index < -0.39 is 0 Å². The van der Waals surface area contributed by atoms with Crippen LogP contribution in [0.2, 0.25) is 0 Å². The molecule has 1 unspecified atom stereocenters. The molecule has 2 fully saturated rings. The summed E-state index contributed by atoms with van der Waals surface area (Å²) in [6, 6.07) is 8.44. The third kappa shape index (κ3) is 2.62. The summed E-state index contributed by atoms with van der Waals surface area (Å²) in [6.07, 6.45) is 6.29. The highest BCUT2D eigenvalue weighted by atomic mass is 16.5. The van der Waals surface area contributed by atoms with Gasteiger partial charge in [0.25, 0.3) is 0 Å². The molecule has 0 bridgehead atoms. The van der Waals surface area contributed by atoms with Crippen LogP contribution >= 0.6 is 0 Å². The molecule has 3 nitrogen and oxygen atoms in total. The van der Waals surface area contributed by atoms with Crippen LogP contribution in [0.15, 0.2) is 24.3 Å². The summed E-state index contributed by atoms with van der Waals surface area (Å²) in [5, 5.41) is 9.19. The molecule has 3 heteroatoms. The van der Waals surface area contributed by atoms with Gasteiger partial charge in [0.15, 0.2) is 0 Å². The standard InChI is InChI=1S/C17H25NO2/c1-18-11-16(15-7-5-14(12-19)6-8-15)17(20-13-18)9-3-2-4-10-17/h5-8,16,19H,2-4,9-13H2,1H3. The van der Waals surface area contributed by atoms with E-state index in [1.54, 1.807) is 0 Å². The number of likely N-dealkylation sites (N-methyl/N-ethyl adjacent to an activating group) is 1. The molecule has 1 aromatic carbocycles. The van der Waals surface area contributed by atoms with Gasteiger partial charge in [0.1, 0.15) is 0 Å². The summed E-state index contributed by atoms with van der Waals surface area (Å²) in [4.78, 5) is 2.27. The second kappa shape index (κ2) is 5.84. The highest BCUT2D eigenvalue weighted by molar-refractivity contribution is 5.28. The van der Waals surface area contributed by atoms with E-state index in [4.69, 9.17) is 4.74 Å². The van der Waals surface area contributed by atoms with E-state index in [1.165, 1.54) is 37.7 Å². The first-order valence-corrected chi connectivity index (χ1v) is 7.76. The zero-order chi connectivity index (χ0) is 14.0. The van der Waals surface area contributed by atoms with Crippen LogP contribution in [0, 0.1) is 0 Å². The molecule has 1 N–H and O–H groups in total. The lowest BCUT2D eigenvalue weighted by Crippen LogP contribution is -2.52. The molecule has 1 saturated heterocycles. The molecule has 1 aromatic rings. The Morgan fingerprint density at radius 2 is 1.90 bits per heavy atom. The summed E-state index contributed by atoms with van der Waals surface area (Å²) >= 11 is 0. The lowest BCUT2D eigenvalue weighted by Gasteiger charge is -2.49. The fourth-order valence-corrected chi connectivity index (χ4v) is 3.78. The maximum absolute atomic E-state index is 9.19. The van der Waals surface area contributed by atoms with Crippen LogP contribution in [-0.4, -0.2) is 35.9 Å². The van der Waals surface area contributed by atoms with Crippen molar-refractivity contribution >= 4 is 0 Å². The predicted molar refractivity (Wildman–Crippen MR) is 79.5 cm³/mol. The van der Waals surface area contributed by atoms with Gasteiger partial charge in [-0.3, -0.25) is 4.90 Å². The molecule has 1 aliphatic carbocycles. The van der Waals surface area contributed by atoms with Crippen LogP contribution in [0.3, 0.4) is 0 Å². The van der Waals surface area contributed by atoms with Crippen LogP contribution in [0.25, 0.3) is 0 Å². The average Bonchev–Trinajstić information content (AvgIpc) is 2.51. The average molecular weight is 275 g/mol. The van der Waals surface area contributed by atoms with Crippen LogP contribution in [-0.2, 0) is 11.3 Å². The van der Waals surface area contributed by atoms with E-state index in [9.17, 15) is 5.11 Å². The molecule has 0 radical (unpaired) electrons. The Balaban J connectivity index is 1.88. The number of benzene rings is 1. The van der Waals surface area contributed by atoms with Gasteiger partial charge in [-0.1, -0.05) is 43.5 Å². The van der Waals surface area contributed by atoms with Gasteiger partial charge in [0, 0.05) is 12.5 Å². The van der Waals surface area contributed by atoms with Gasteiger partial charge in [-0.05, 0) is 31.0 Å². The Morgan fingerprint density at radius 1 is 1.20 bits per heavy atom. The Hall–Kier alpha value is -0.900. The molecule has 20 heavy (non-hydrogen) atoms. The van der Waals surface area contributed by atoms with E-state index >= 15 is 0 Å². The number of hydrogen-bond acceptors (Lipinski definition) is 3. The molecule has 1 aliphatic heterocycles. The van der Waals surface area contributed by atoms with Gasteiger partial charge in [-0.15, -0.1) is 0 Å². The van der Waals surface area contributed by atoms with Crippen molar-refractivity contribution in [2.24, 2.45) is 0 Å². The van der Waals surface area contributed by atoms with Crippen molar-refractivity contribution in [1.82, 2.24) is 4.90 Å². The van der Waals surface area contributed by atoms with Gasteiger partial charge >= 0.3 is 0 Å². The number of rotatable bonds is 2. The van der Waals surface area contributed by atoms with E-state index in [1.807, 2.05) is 12.1 Å². The van der Waals surface area contributed by atoms with E-state index in [-0.39, 0.29) is 12.2 Å². The predicted octanol–water partition coefficient (Wildman–Crippen LogP) is 2.88. The van der Waals surface area contributed by atoms with Crippen molar-refractivity contribution < 1.29 is 9.84 Å². The Kier molecular flexibility index (Phi) is 4.11. The van der Waals surface area contributed by atoms with Gasteiger partial charge in [0.2, 0.25) is 0 Å². The lowest BCUT2D eigenvalue weighted by atomic mass is 9.71. The fraction of sp³-hybridized carbons (Fsp3) is 0.647. The summed E-state index contributed by atoms with van der Waals surface area (Å²) < 4.78 is 6.32. The summed E-state index contributed by atoms with van der Waals surface area (Å²) in [7, 11) is 2.13. The fourth-order valence-electron chi connectivity index (χ4n) is 3.78. The number of ether oxygens (including phenoxy) is 1. The van der Waals surface area contributed by atoms with Gasteiger partial charge in [-0.2, -0.15) is 0 Å². The molecule has 1 spiro atoms. The van der Waals surface area contributed by atoms with Crippen molar-refractivity contribution in [3.63, 3.8) is 0 Å². The zero-order valence-corrected chi connectivity index (χ0v) is 12.3. The summed E-state index contributed by atoms with van der Waals surface area (Å²) in [6.45, 7) is 1.94. The Bertz CT molecular complexity index is 437. The van der Waals surface area contributed by atoms with E-state index in [0.29, 0.717) is 5.92 Å². The monoisotopic (exact) mass is 275 g/mol. The minimum absolute atomic E-state index is 0.0471. The normalized spacial score (nSPS) is 26.8. The minimum Gasteiger partial charge on any atom is -0.392 e. The van der Waals surface area contributed by atoms with Crippen molar-refractivity contribution in [2.45, 2.75) is 50.2 Å². The second-order valence-corrected chi connectivity index (χ2v) is 6.39. The van der Waals surface area contributed by atoms with E-state index in [2.05, 4.69) is 24.1 Å². The van der Waals surface area contributed by atoms with Gasteiger partial charge in [-0.25, -0.2) is 0 Å². The molecule has 1 atom stereocenters. The lowest BCUT2D eigenvalue weighted by molar-refractivity contribution is -0.161. The van der Waals surface area contributed by atoms with Gasteiger partial charge in [0.05, 0.1) is 18.9 Å². The SMILES string of the molecule is CN1COC2(CCCCC2)C(c2ccc(CO)cc2)C1. The van der Waals surface area contributed by atoms with Crippen LogP contribution < -0.4 is 0 Å². The molecular formula is C17H25NO2. The summed E-state index contributed by atoms with van der Waals surface area (Å²) in [5.41, 5.74) is 2.39. The van der Waals surface area contributed by atoms with Crippen LogP contribution in [0.4, 0.5) is 0 Å². The molecule has 1 heterocycles. The maximum Gasteiger partial charge on any atom is 0.0995 e. The molecule has 2 aliphatic rings. The first-order valence-electron chi connectivity index (χ1n) is 7.76. The maximum atomic E-state index is 9.19. The number of hydrogen-bond donors (Lipinski definition) is 1. The highest BCUT2D eigenvalue weighted by Crippen LogP contribution is 2.45. The molecule has 0 amide bonds. The third-order valence-corrected chi connectivity index (χ3v) is 4.97. The first kappa shape index (κ1) is 14.1. The number of nitrogens with zero attached hydrogens (tertiary/aromatic N) is 1. The smallest absolute Gasteiger partial charge is 0.0995 e.